The summed E-state index contributed by atoms with van der Waals surface area (Å²) >= 11 is 0. The standard InChI is InChI=1S/C14H19FN2O/c1-2-14(18)17(11-7-9-16-10-8-11)13-6-4-3-5-12(13)15/h3-6,11,16H,2,7-10H2,1H3. The lowest BCUT2D eigenvalue weighted by Gasteiger charge is -2.34. The van der Waals surface area contributed by atoms with Gasteiger partial charge in [0.05, 0.1) is 5.69 Å². The normalized spacial score (nSPS) is 16.6. The summed E-state index contributed by atoms with van der Waals surface area (Å²) < 4.78 is 13.9. The van der Waals surface area contributed by atoms with Gasteiger partial charge in [0.1, 0.15) is 5.82 Å². The van der Waals surface area contributed by atoms with Crippen LogP contribution in [0.3, 0.4) is 0 Å². The Hall–Kier alpha value is -1.42. The molecule has 1 N–H and O–H groups in total. The summed E-state index contributed by atoms with van der Waals surface area (Å²) in [7, 11) is 0. The maximum Gasteiger partial charge on any atom is 0.227 e. The number of benzene rings is 1. The molecule has 3 nitrogen and oxygen atoms in total. The molecule has 0 bridgehead atoms. The van der Waals surface area contributed by atoms with Crippen LogP contribution in [0.15, 0.2) is 24.3 Å². The van der Waals surface area contributed by atoms with Gasteiger partial charge in [-0.15, -0.1) is 0 Å². The third-order valence-electron chi connectivity index (χ3n) is 3.36. The molecule has 0 spiro atoms. The molecule has 1 heterocycles. The lowest BCUT2D eigenvalue weighted by molar-refractivity contribution is -0.118. The van der Waals surface area contributed by atoms with Crippen LogP contribution in [0.1, 0.15) is 26.2 Å². The molecule has 18 heavy (non-hydrogen) atoms. The van der Waals surface area contributed by atoms with Gasteiger partial charge in [0, 0.05) is 12.5 Å². The number of nitrogens with one attached hydrogen (secondary N) is 1. The zero-order chi connectivity index (χ0) is 13.0. The molecular weight excluding hydrogens is 231 g/mol. The number of nitrogens with zero attached hydrogens (tertiary/aromatic N) is 1. The predicted octanol–water partition coefficient (Wildman–Crippen LogP) is 2.32. The lowest BCUT2D eigenvalue weighted by atomic mass is 10.0. The van der Waals surface area contributed by atoms with Crippen LogP contribution in [0.5, 0.6) is 0 Å². The molecule has 0 atom stereocenters. The van der Waals surface area contributed by atoms with Gasteiger partial charge in [-0.1, -0.05) is 19.1 Å². The van der Waals surface area contributed by atoms with Crippen LogP contribution in [-0.2, 0) is 4.79 Å². The van der Waals surface area contributed by atoms with E-state index < -0.39 is 0 Å². The number of hydrogen-bond donors (Lipinski definition) is 1. The average Bonchev–Trinajstić information content (AvgIpc) is 2.42. The number of hydrogen-bond acceptors (Lipinski definition) is 2. The Morgan fingerprint density at radius 2 is 2.06 bits per heavy atom. The maximum atomic E-state index is 13.9. The van der Waals surface area contributed by atoms with E-state index in [0.29, 0.717) is 12.1 Å². The lowest BCUT2D eigenvalue weighted by Crippen LogP contribution is -2.46. The molecular formula is C14H19FN2O. The highest BCUT2D eigenvalue weighted by atomic mass is 19.1. The Morgan fingerprint density at radius 1 is 1.39 bits per heavy atom. The van der Waals surface area contributed by atoms with Gasteiger partial charge in [-0.2, -0.15) is 0 Å². The van der Waals surface area contributed by atoms with Gasteiger partial charge in [-0.3, -0.25) is 4.79 Å². The molecule has 1 aliphatic heterocycles. The molecule has 1 amide bonds. The zero-order valence-electron chi connectivity index (χ0n) is 10.7. The Bertz CT molecular complexity index is 416. The molecule has 0 unspecified atom stereocenters. The van der Waals surface area contributed by atoms with Crippen LogP contribution >= 0.6 is 0 Å². The van der Waals surface area contributed by atoms with Crippen LogP contribution < -0.4 is 10.2 Å². The van der Waals surface area contributed by atoms with E-state index in [1.165, 1.54) is 6.07 Å². The maximum absolute atomic E-state index is 13.9. The number of rotatable bonds is 3. The van der Waals surface area contributed by atoms with E-state index in [4.69, 9.17) is 0 Å². The van der Waals surface area contributed by atoms with E-state index in [-0.39, 0.29) is 17.8 Å². The summed E-state index contributed by atoms with van der Waals surface area (Å²) in [6, 6.07) is 6.62. The molecule has 0 saturated carbocycles. The molecule has 4 heteroatoms. The fourth-order valence-corrected chi connectivity index (χ4v) is 2.42. The number of carbonyl (C=O) groups is 1. The number of halogens is 1. The van der Waals surface area contributed by atoms with Crippen molar-refractivity contribution in [2.45, 2.75) is 32.2 Å². The van der Waals surface area contributed by atoms with Gasteiger partial charge in [0.15, 0.2) is 0 Å². The summed E-state index contributed by atoms with van der Waals surface area (Å²) in [6.07, 6.45) is 2.15. The minimum atomic E-state index is -0.321. The number of anilines is 1. The Morgan fingerprint density at radius 3 is 2.67 bits per heavy atom. The van der Waals surface area contributed by atoms with Crippen molar-refractivity contribution in [1.29, 1.82) is 0 Å². The monoisotopic (exact) mass is 250 g/mol. The van der Waals surface area contributed by atoms with Crippen molar-refractivity contribution >= 4 is 11.6 Å². The third kappa shape index (κ3) is 2.70. The van der Waals surface area contributed by atoms with Gasteiger partial charge >= 0.3 is 0 Å². The predicted molar refractivity (Wildman–Crippen MR) is 70.1 cm³/mol. The molecule has 2 rings (SSSR count). The number of piperidine rings is 1. The molecule has 98 valence electrons. The Labute approximate surface area is 107 Å². The summed E-state index contributed by atoms with van der Waals surface area (Å²) in [5, 5.41) is 3.26. The summed E-state index contributed by atoms with van der Waals surface area (Å²) in [5.41, 5.74) is 0.413. The minimum absolute atomic E-state index is 0.00741. The highest BCUT2D eigenvalue weighted by molar-refractivity contribution is 5.93. The second kappa shape index (κ2) is 5.96. The van der Waals surface area contributed by atoms with Crippen molar-refractivity contribution in [3.63, 3.8) is 0 Å². The summed E-state index contributed by atoms with van der Waals surface area (Å²) in [5.74, 6) is -0.329. The first-order chi connectivity index (χ1) is 8.74. The summed E-state index contributed by atoms with van der Waals surface area (Å²) in [4.78, 5) is 13.8. The molecule has 1 saturated heterocycles. The molecule has 1 aromatic rings. The van der Waals surface area contributed by atoms with Crippen molar-refractivity contribution in [2.75, 3.05) is 18.0 Å². The smallest absolute Gasteiger partial charge is 0.227 e. The van der Waals surface area contributed by atoms with Crippen LogP contribution in [0.2, 0.25) is 0 Å². The summed E-state index contributed by atoms with van der Waals surface area (Å²) in [6.45, 7) is 3.58. The van der Waals surface area contributed by atoms with Crippen LogP contribution in [-0.4, -0.2) is 25.0 Å². The zero-order valence-corrected chi connectivity index (χ0v) is 10.7. The fourth-order valence-electron chi connectivity index (χ4n) is 2.42. The van der Waals surface area contributed by atoms with Crippen LogP contribution in [0.4, 0.5) is 10.1 Å². The van der Waals surface area contributed by atoms with E-state index >= 15 is 0 Å². The molecule has 1 fully saturated rings. The van der Waals surface area contributed by atoms with Crippen molar-refractivity contribution in [1.82, 2.24) is 5.32 Å². The van der Waals surface area contributed by atoms with Crippen molar-refractivity contribution in [3.05, 3.63) is 30.1 Å². The molecule has 0 radical (unpaired) electrons. The highest BCUT2D eigenvalue weighted by Gasteiger charge is 2.27. The van der Waals surface area contributed by atoms with Crippen LogP contribution in [0, 0.1) is 5.82 Å². The largest absolute Gasteiger partial charge is 0.317 e. The topological polar surface area (TPSA) is 32.3 Å². The van der Waals surface area contributed by atoms with E-state index in [1.807, 2.05) is 6.92 Å². The van der Waals surface area contributed by atoms with Crippen molar-refractivity contribution in [3.8, 4) is 0 Å². The third-order valence-corrected chi connectivity index (χ3v) is 3.36. The Balaban J connectivity index is 2.30. The first-order valence-corrected chi connectivity index (χ1v) is 6.51. The van der Waals surface area contributed by atoms with E-state index in [2.05, 4.69) is 5.32 Å². The number of carbonyl (C=O) groups excluding carboxylic acids is 1. The second-order valence-electron chi connectivity index (χ2n) is 4.55. The SMILES string of the molecule is CCC(=O)N(c1ccccc1F)C1CCNCC1. The van der Waals surface area contributed by atoms with Crippen LogP contribution in [0.25, 0.3) is 0 Å². The van der Waals surface area contributed by atoms with E-state index in [9.17, 15) is 9.18 Å². The van der Waals surface area contributed by atoms with Crippen molar-refractivity contribution < 1.29 is 9.18 Å². The first kappa shape index (κ1) is 13.0. The Kier molecular flexibility index (Phi) is 4.31. The quantitative estimate of drug-likeness (QED) is 0.893. The molecule has 0 aliphatic carbocycles. The molecule has 1 aliphatic rings. The highest BCUT2D eigenvalue weighted by Crippen LogP contribution is 2.25. The average molecular weight is 250 g/mol. The molecule has 1 aromatic carbocycles. The van der Waals surface area contributed by atoms with Gasteiger partial charge in [0.2, 0.25) is 5.91 Å². The first-order valence-electron chi connectivity index (χ1n) is 6.51. The van der Waals surface area contributed by atoms with Gasteiger partial charge in [-0.25, -0.2) is 4.39 Å². The van der Waals surface area contributed by atoms with Gasteiger partial charge in [0.25, 0.3) is 0 Å². The fraction of sp³-hybridized carbons (Fsp3) is 0.500. The van der Waals surface area contributed by atoms with Gasteiger partial charge < -0.3 is 10.2 Å². The second-order valence-corrected chi connectivity index (χ2v) is 4.55. The van der Waals surface area contributed by atoms with E-state index in [0.717, 1.165) is 25.9 Å². The molecule has 0 aromatic heterocycles. The number of amides is 1. The van der Waals surface area contributed by atoms with Crippen molar-refractivity contribution in [2.24, 2.45) is 0 Å². The van der Waals surface area contributed by atoms with E-state index in [1.54, 1.807) is 23.1 Å². The minimum Gasteiger partial charge on any atom is -0.317 e. The number of para-hydroxylation sites is 1. The van der Waals surface area contributed by atoms with Gasteiger partial charge in [-0.05, 0) is 38.1 Å².